The summed E-state index contributed by atoms with van der Waals surface area (Å²) in [4.78, 5) is 18.2. The molecule has 2 aliphatic rings. The number of hydrogen-bond donors (Lipinski definition) is 2. The second-order valence-electron chi connectivity index (χ2n) is 10.8. The highest BCUT2D eigenvalue weighted by Gasteiger charge is 2.28. The maximum atomic E-state index is 13.7. The minimum atomic E-state index is -0.0616. The molecule has 7 heteroatoms. The van der Waals surface area contributed by atoms with Gasteiger partial charge in [-0.25, -0.2) is 0 Å². The van der Waals surface area contributed by atoms with Crippen LogP contribution in [0, 0.1) is 36.5 Å². The fourth-order valence-corrected chi connectivity index (χ4v) is 6.08. The van der Waals surface area contributed by atoms with Gasteiger partial charge in [-0.15, -0.1) is 0 Å². The van der Waals surface area contributed by atoms with Crippen LogP contribution in [0.2, 0.25) is 0 Å². The number of nitrogens with one attached hydrogen (secondary N) is 2. The van der Waals surface area contributed by atoms with E-state index in [1.165, 1.54) is 0 Å². The number of amides is 1. The number of aryl methyl sites for hydroxylation is 2. The first kappa shape index (κ1) is 27.2. The minimum absolute atomic E-state index is 0.0616. The van der Waals surface area contributed by atoms with Crippen LogP contribution in [0.4, 0.5) is 17.1 Å². The Labute approximate surface area is 237 Å². The number of rotatable bonds is 6. The van der Waals surface area contributed by atoms with Crippen molar-refractivity contribution >= 4 is 23.0 Å². The number of anilines is 3. The molecule has 3 aromatic rings. The summed E-state index contributed by atoms with van der Waals surface area (Å²) in [6.45, 7) is 7.50. The first-order valence-electron chi connectivity index (χ1n) is 14.2. The molecule has 2 heterocycles. The summed E-state index contributed by atoms with van der Waals surface area (Å²) >= 11 is 0. The van der Waals surface area contributed by atoms with Gasteiger partial charge in [0.25, 0.3) is 5.91 Å². The molecule has 0 radical (unpaired) electrons. The van der Waals surface area contributed by atoms with Gasteiger partial charge in [-0.3, -0.25) is 4.79 Å². The van der Waals surface area contributed by atoms with Crippen molar-refractivity contribution in [3.05, 3.63) is 88.5 Å². The number of carbonyl (C=O) groups excluding carboxylic acids is 1. The van der Waals surface area contributed by atoms with Crippen LogP contribution in [0.5, 0.6) is 0 Å². The Hall–Kier alpha value is -4.33. The first-order chi connectivity index (χ1) is 19.5. The van der Waals surface area contributed by atoms with Gasteiger partial charge in [-0.2, -0.15) is 10.5 Å². The number of piperidine rings is 2. The van der Waals surface area contributed by atoms with E-state index in [1.807, 2.05) is 61.5 Å². The van der Waals surface area contributed by atoms with E-state index in [0.29, 0.717) is 16.7 Å². The van der Waals surface area contributed by atoms with Crippen LogP contribution in [0.1, 0.15) is 58.3 Å². The molecule has 0 aliphatic carbocycles. The third kappa shape index (κ3) is 5.66. The molecule has 204 valence electrons. The van der Waals surface area contributed by atoms with Gasteiger partial charge in [0.1, 0.15) is 12.1 Å². The average molecular weight is 533 g/mol. The molecule has 3 aromatic carbocycles. The topological polar surface area (TPSA) is 95.2 Å². The van der Waals surface area contributed by atoms with Crippen molar-refractivity contribution in [1.82, 2.24) is 10.6 Å². The van der Waals surface area contributed by atoms with Gasteiger partial charge in [0.15, 0.2) is 0 Å². The van der Waals surface area contributed by atoms with E-state index in [0.717, 1.165) is 80.1 Å². The smallest absolute Gasteiger partial charge is 0.251 e. The van der Waals surface area contributed by atoms with Crippen LogP contribution >= 0.6 is 0 Å². The van der Waals surface area contributed by atoms with E-state index >= 15 is 0 Å². The Balaban J connectivity index is 1.38. The van der Waals surface area contributed by atoms with E-state index in [2.05, 4.69) is 45.6 Å². The Morgan fingerprint density at radius 1 is 0.875 bits per heavy atom. The Kier molecular flexibility index (Phi) is 8.34. The number of nitriles is 2. The molecule has 0 spiro atoms. The summed E-state index contributed by atoms with van der Waals surface area (Å²) in [7, 11) is 0. The quantitative estimate of drug-likeness (QED) is 0.445. The highest BCUT2D eigenvalue weighted by Crippen LogP contribution is 2.37. The molecule has 7 nitrogen and oxygen atoms in total. The SMILES string of the molecule is Cc1cc(C)c(N(c2ccccc2C#N)C2CCNCC2)cc1C(=O)NC1CCN(c2ccccc2C#N)CC1. The molecule has 0 aromatic heterocycles. The molecular weight excluding hydrogens is 496 g/mol. The largest absolute Gasteiger partial charge is 0.370 e. The van der Waals surface area contributed by atoms with E-state index in [9.17, 15) is 15.3 Å². The molecule has 5 rings (SSSR count). The van der Waals surface area contributed by atoms with E-state index in [1.54, 1.807) is 0 Å². The summed E-state index contributed by atoms with van der Waals surface area (Å²) in [5.74, 6) is -0.0616. The van der Waals surface area contributed by atoms with Crippen LogP contribution in [-0.2, 0) is 0 Å². The maximum absolute atomic E-state index is 13.7. The van der Waals surface area contributed by atoms with Crippen molar-refractivity contribution in [2.45, 2.75) is 51.6 Å². The summed E-state index contributed by atoms with van der Waals surface area (Å²) in [5.41, 5.74) is 6.85. The van der Waals surface area contributed by atoms with Gasteiger partial charge in [-0.05, 0) is 94.1 Å². The lowest BCUT2D eigenvalue weighted by molar-refractivity contribution is 0.0930. The average Bonchev–Trinajstić information content (AvgIpc) is 2.99. The van der Waals surface area contributed by atoms with Gasteiger partial charge in [0.2, 0.25) is 0 Å². The molecule has 0 saturated carbocycles. The van der Waals surface area contributed by atoms with Crippen LogP contribution in [0.3, 0.4) is 0 Å². The lowest BCUT2D eigenvalue weighted by Gasteiger charge is -2.38. The molecule has 0 bridgehead atoms. The van der Waals surface area contributed by atoms with Crippen LogP contribution in [0.15, 0.2) is 60.7 Å². The van der Waals surface area contributed by atoms with Crippen molar-refractivity contribution in [2.75, 3.05) is 36.0 Å². The monoisotopic (exact) mass is 532 g/mol. The molecule has 2 saturated heterocycles. The number of para-hydroxylation sites is 2. The molecule has 40 heavy (non-hydrogen) atoms. The van der Waals surface area contributed by atoms with Gasteiger partial charge in [0, 0.05) is 36.4 Å². The molecule has 2 N–H and O–H groups in total. The molecule has 1 amide bonds. The van der Waals surface area contributed by atoms with Gasteiger partial charge < -0.3 is 20.4 Å². The highest BCUT2D eigenvalue weighted by molar-refractivity contribution is 5.97. The zero-order chi connectivity index (χ0) is 28.1. The van der Waals surface area contributed by atoms with Crippen LogP contribution in [0.25, 0.3) is 0 Å². The lowest BCUT2D eigenvalue weighted by atomic mass is 9.96. The van der Waals surface area contributed by atoms with Crippen LogP contribution < -0.4 is 20.4 Å². The van der Waals surface area contributed by atoms with Crippen molar-refractivity contribution < 1.29 is 4.79 Å². The molecule has 0 atom stereocenters. The van der Waals surface area contributed by atoms with Crippen molar-refractivity contribution in [3.8, 4) is 12.1 Å². The minimum Gasteiger partial charge on any atom is -0.370 e. The van der Waals surface area contributed by atoms with Gasteiger partial charge in [-0.1, -0.05) is 30.3 Å². The molecule has 0 unspecified atom stereocenters. The van der Waals surface area contributed by atoms with Gasteiger partial charge in [0.05, 0.1) is 22.5 Å². The summed E-state index contributed by atoms with van der Waals surface area (Å²) in [6.07, 6.45) is 3.56. The number of carbonyl (C=O) groups is 1. The summed E-state index contributed by atoms with van der Waals surface area (Å²) in [6, 6.07) is 24.5. The zero-order valence-corrected chi connectivity index (χ0v) is 23.3. The molecular formula is C33H36N6O. The summed E-state index contributed by atoms with van der Waals surface area (Å²) < 4.78 is 0. The third-order valence-corrected chi connectivity index (χ3v) is 8.20. The summed E-state index contributed by atoms with van der Waals surface area (Å²) in [5, 5.41) is 26.1. The predicted molar refractivity (Wildman–Crippen MR) is 159 cm³/mol. The van der Waals surface area contributed by atoms with Crippen molar-refractivity contribution in [3.63, 3.8) is 0 Å². The zero-order valence-electron chi connectivity index (χ0n) is 23.3. The van der Waals surface area contributed by atoms with Crippen LogP contribution in [-0.4, -0.2) is 44.2 Å². The Morgan fingerprint density at radius 2 is 1.52 bits per heavy atom. The lowest BCUT2D eigenvalue weighted by Crippen LogP contribution is -2.45. The maximum Gasteiger partial charge on any atom is 0.251 e. The molecule has 2 aliphatic heterocycles. The predicted octanol–water partition coefficient (Wildman–Crippen LogP) is 5.34. The third-order valence-electron chi connectivity index (χ3n) is 8.20. The van der Waals surface area contributed by atoms with E-state index in [4.69, 9.17) is 0 Å². The fraction of sp³-hybridized carbons (Fsp3) is 0.364. The number of nitrogens with zero attached hydrogens (tertiary/aromatic N) is 4. The Morgan fingerprint density at radius 3 is 2.23 bits per heavy atom. The number of benzene rings is 3. The van der Waals surface area contributed by atoms with Crippen molar-refractivity contribution in [2.24, 2.45) is 0 Å². The second kappa shape index (κ2) is 12.2. The van der Waals surface area contributed by atoms with E-state index in [-0.39, 0.29) is 18.0 Å². The highest BCUT2D eigenvalue weighted by atomic mass is 16.1. The van der Waals surface area contributed by atoms with Gasteiger partial charge >= 0.3 is 0 Å². The second-order valence-corrected chi connectivity index (χ2v) is 10.8. The number of hydrogen-bond acceptors (Lipinski definition) is 6. The van der Waals surface area contributed by atoms with E-state index < -0.39 is 0 Å². The Bertz CT molecular complexity index is 1450. The van der Waals surface area contributed by atoms with Crippen molar-refractivity contribution in [1.29, 1.82) is 10.5 Å². The normalized spacial score (nSPS) is 16.1. The first-order valence-corrected chi connectivity index (χ1v) is 14.2. The molecule has 2 fully saturated rings. The fourth-order valence-electron chi connectivity index (χ4n) is 6.08. The standard InChI is InChI=1S/C33H36N6O/c1-23-19-24(2)32(39(28-11-15-36-16-12-28)31-10-6-4-8-26(31)22-35)20-29(23)33(40)37-27-13-17-38(18-14-27)30-9-5-3-7-25(30)21-34/h3-10,19-20,27-28,36H,11-18H2,1-2H3,(H,37,40).